The Labute approximate surface area is 388 Å². The molecule has 0 saturated carbocycles. The Morgan fingerprint density at radius 3 is 2.11 bits per heavy atom. The maximum Gasteiger partial charge on any atom is 0.408 e. The second-order valence-electron chi connectivity index (χ2n) is 17.2. The Bertz CT molecular complexity index is 1450. The molecule has 0 radical (unpaired) electrons. The Morgan fingerprint density at radius 2 is 1.45 bits per heavy atom. The van der Waals surface area contributed by atoms with Gasteiger partial charge in [0.2, 0.25) is 11.8 Å². The van der Waals surface area contributed by atoms with Crippen molar-refractivity contribution in [3.8, 4) is 0 Å². The Morgan fingerprint density at radius 1 is 0.815 bits per heavy atom. The molecule has 16 heteroatoms. The molecule has 2 aliphatic heterocycles. The van der Waals surface area contributed by atoms with E-state index >= 15 is 8.78 Å². The summed E-state index contributed by atoms with van der Waals surface area (Å²) in [6, 6.07) is 7.56. The molecule has 1 aromatic carbocycles. The third-order valence-corrected chi connectivity index (χ3v) is 11.8. The molecular weight excluding hydrogens is 843 g/mol. The minimum absolute atomic E-state index is 0.0135. The molecule has 14 nitrogen and oxygen atoms in total. The van der Waals surface area contributed by atoms with Gasteiger partial charge in [-0.3, -0.25) is 9.59 Å². The highest BCUT2D eigenvalue weighted by Gasteiger charge is 2.69. The predicted molar refractivity (Wildman–Crippen MR) is 247 cm³/mol. The van der Waals surface area contributed by atoms with Crippen LogP contribution in [-0.2, 0) is 49.4 Å². The molecule has 0 aromatic heterocycles. The first kappa shape index (κ1) is 56.3. The molecule has 7 atom stereocenters. The van der Waals surface area contributed by atoms with Gasteiger partial charge in [0, 0.05) is 39.5 Å². The summed E-state index contributed by atoms with van der Waals surface area (Å²) in [7, 11) is 0. The van der Waals surface area contributed by atoms with E-state index in [9.17, 15) is 14.4 Å². The van der Waals surface area contributed by atoms with Gasteiger partial charge in [0.1, 0.15) is 43.1 Å². The Kier molecular flexibility index (Phi) is 27.6. The highest BCUT2D eigenvalue weighted by Crippen LogP contribution is 2.46. The zero-order valence-corrected chi connectivity index (χ0v) is 40.5. The molecule has 3 rings (SSSR count). The lowest BCUT2D eigenvalue weighted by molar-refractivity contribution is -0.432. The summed E-state index contributed by atoms with van der Waals surface area (Å²) >= 11 is 0. The van der Waals surface area contributed by atoms with Gasteiger partial charge >= 0.3 is 12.0 Å². The SMILES string of the molecule is CCCCOC[C@H]1O[C@@](OCCCC)(C(F)(F)CNCCCC[C@H](NC(=O)OCc2ccccc2)C(=O)N2CCC[C@H]2C(=O)NCC)[C@H](OCCCC)[C@@H](OCCCC)[C@H]1OCCCC. The van der Waals surface area contributed by atoms with Crippen LogP contribution < -0.4 is 16.0 Å². The fourth-order valence-electron chi connectivity index (χ4n) is 8.02. The van der Waals surface area contributed by atoms with Crippen LogP contribution in [0.1, 0.15) is 143 Å². The van der Waals surface area contributed by atoms with E-state index < -0.39 is 60.8 Å². The number of carbonyl (C=O) groups excluding carboxylic acids is 3. The number of amides is 3. The number of hydrogen-bond acceptors (Lipinski definition) is 11. The summed E-state index contributed by atoms with van der Waals surface area (Å²) < 4.78 is 79.0. The summed E-state index contributed by atoms with van der Waals surface area (Å²) in [5.74, 6) is -6.79. The standard InChI is InChI=1S/C49H84F2N4O10/c1-7-13-30-59-36-41-42(60-31-14-8-2)43(61-32-15-9-3)44(62-33-16-10-4)49(65-41,64-34-17-11-5)48(50,51)37-52-28-22-21-26-39(54-47(58)63-35-38-24-19-18-20-25-38)46(57)55-29-23-27-40(55)45(56)53-12-6/h18-20,24-25,39-44,52H,7-17,21-23,26-37H2,1-6H3,(H,53,56)(H,54,58)/t39-,40-,41+,42-,43-,44+,49+/m0/s1. The number of unbranched alkanes of at least 4 members (excludes halogenated alkanes) is 6. The van der Waals surface area contributed by atoms with Crippen molar-refractivity contribution >= 4 is 17.9 Å². The summed E-state index contributed by atoms with van der Waals surface area (Å²) in [6.07, 6.45) is 5.12. The fraction of sp³-hybridized carbons (Fsp3) is 0.816. The number of rotatable bonds is 35. The zero-order chi connectivity index (χ0) is 47.3. The summed E-state index contributed by atoms with van der Waals surface area (Å²) in [4.78, 5) is 41.4. The van der Waals surface area contributed by atoms with Crippen molar-refractivity contribution in [3.05, 3.63) is 35.9 Å². The van der Waals surface area contributed by atoms with Gasteiger partial charge in [-0.15, -0.1) is 0 Å². The number of carbonyl (C=O) groups is 3. The van der Waals surface area contributed by atoms with Crippen molar-refractivity contribution in [2.75, 3.05) is 65.8 Å². The number of hydrogen-bond donors (Lipinski definition) is 3. The highest BCUT2D eigenvalue weighted by atomic mass is 19.3. The number of alkyl halides is 2. The van der Waals surface area contributed by atoms with Crippen molar-refractivity contribution < 1.29 is 56.3 Å². The number of nitrogens with zero attached hydrogens (tertiary/aromatic N) is 1. The molecule has 0 unspecified atom stereocenters. The van der Waals surface area contributed by atoms with Gasteiger partial charge in [0.05, 0.1) is 19.8 Å². The molecule has 2 saturated heterocycles. The first-order valence-electron chi connectivity index (χ1n) is 24.9. The molecule has 0 spiro atoms. The Hall–Kier alpha value is -2.99. The van der Waals surface area contributed by atoms with Gasteiger partial charge in [-0.2, -0.15) is 8.78 Å². The van der Waals surface area contributed by atoms with Crippen molar-refractivity contribution in [3.63, 3.8) is 0 Å². The maximum atomic E-state index is 17.5. The number of likely N-dealkylation sites (tertiary alicyclic amines) is 1. The number of alkyl carbamates (subject to hydrolysis) is 1. The molecule has 2 heterocycles. The third-order valence-electron chi connectivity index (χ3n) is 11.8. The van der Waals surface area contributed by atoms with E-state index in [4.69, 9.17) is 33.2 Å². The predicted octanol–water partition coefficient (Wildman–Crippen LogP) is 8.09. The van der Waals surface area contributed by atoms with E-state index in [1.54, 1.807) is 0 Å². The van der Waals surface area contributed by atoms with Gasteiger partial charge in [-0.05, 0) is 83.2 Å². The second-order valence-corrected chi connectivity index (χ2v) is 17.2. The highest BCUT2D eigenvalue weighted by molar-refractivity contribution is 5.91. The monoisotopic (exact) mass is 927 g/mol. The molecule has 3 N–H and O–H groups in total. The van der Waals surface area contributed by atoms with Crippen LogP contribution in [-0.4, -0.2) is 137 Å². The van der Waals surface area contributed by atoms with E-state index in [1.807, 2.05) is 58.0 Å². The summed E-state index contributed by atoms with van der Waals surface area (Å²) in [5, 5.41) is 8.50. The van der Waals surface area contributed by atoms with E-state index in [0.29, 0.717) is 71.4 Å². The Balaban J connectivity index is 1.85. The fourth-order valence-corrected chi connectivity index (χ4v) is 8.02. The van der Waals surface area contributed by atoms with Crippen molar-refractivity contribution in [1.29, 1.82) is 0 Å². The second kappa shape index (κ2) is 31.9. The average molecular weight is 927 g/mol. The van der Waals surface area contributed by atoms with Gasteiger partial charge in [0.25, 0.3) is 5.79 Å². The molecule has 2 fully saturated rings. The molecular formula is C49H84F2N4O10. The minimum atomic E-state index is -3.63. The normalized spacial score (nSPS) is 22.8. The molecule has 0 bridgehead atoms. The lowest BCUT2D eigenvalue weighted by Gasteiger charge is -2.54. The number of halogens is 2. The lowest BCUT2D eigenvalue weighted by atomic mass is 9.87. The number of benzene rings is 1. The summed E-state index contributed by atoms with van der Waals surface area (Å²) in [6.45, 7) is 13.6. The molecule has 1 aromatic rings. The number of ether oxygens (including phenoxy) is 7. The van der Waals surface area contributed by atoms with Gasteiger partial charge < -0.3 is 54.0 Å². The number of likely N-dealkylation sites (N-methyl/N-ethyl adjacent to an activating group) is 1. The van der Waals surface area contributed by atoms with E-state index in [1.165, 1.54) is 4.90 Å². The van der Waals surface area contributed by atoms with E-state index in [-0.39, 0.29) is 51.2 Å². The van der Waals surface area contributed by atoms with Crippen LogP contribution in [0, 0.1) is 0 Å². The molecule has 3 amide bonds. The quantitative estimate of drug-likeness (QED) is 0.0566. The van der Waals surface area contributed by atoms with Crippen LogP contribution in [0.5, 0.6) is 0 Å². The number of nitrogens with one attached hydrogen (secondary N) is 3. The van der Waals surface area contributed by atoms with Crippen molar-refractivity contribution in [2.24, 2.45) is 0 Å². The molecule has 2 aliphatic rings. The minimum Gasteiger partial charge on any atom is -0.445 e. The van der Waals surface area contributed by atoms with Gasteiger partial charge in [0.15, 0.2) is 0 Å². The average Bonchev–Trinajstić information content (AvgIpc) is 3.80. The van der Waals surface area contributed by atoms with E-state index in [2.05, 4.69) is 29.8 Å². The first-order chi connectivity index (χ1) is 31.5. The maximum absolute atomic E-state index is 17.5. The van der Waals surface area contributed by atoms with Gasteiger partial charge in [-0.25, -0.2) is 4.79 Å². The summed E-state index contributed by atoms with van der Waals surface area (Å²) in [5.41, 5.74) is 0.787. The van der Waals surface area contributed by atoms with Crippen LogP contribution in [0.3, 0.4) is 0 Å². The van der Waals surface area contributed by atoms with Crippen molar-refractivity contribution in [2.45, 2.75) is 193 Å². The third kappa shape index (κ3) is 18.2. The van der Waals surface area contributed by atoms with Gasteiger partial charge in [-0.1, -0.05) is 97.1 Å². The van der Waals surface area contributed by atoms with Crippen LogP contribution in [0.25, 0.3) is 0 Å². The molecule has 374 valence electrons. The van der Waals surface area contributed by atoms with Crippen LogP contribution in [0.15, 0.2) is 30.3 Å². The largest absolute Gasteiger partial charge is 0.445 e. The lowest BCUT2D eigenvalue weighted by Crippen LogP contribution is -2.75. The zero-order valence-electron chi connectivity index (χ0n) is 40.5. The van der Waals surface area contributed by atoms with Crippen molar-refractivity contribution in [1.82, 2.24) is 20.9 Å². The first-order valence-corrected chi connectivity index (χ1v) is 24.9. The smallest absolute Gasteiger partial charge is 0.408 e. The van der Waals surface area contributed by atoms with Crippen LogP contribution in [0.4, 0.5) is 13.6 Å². The van der Waals surface area contributed by atoms with Crippen LogP contribution in [0.2, 0.25) is 0 Å². The molecule has 0 aliphatic carbocycles. The van der Waals surface area contributed by atoms with E-state index in [0.717, 1.165) is 56.9 Å². The topological polar surface area (TPSA) is 155 Å². The molecule has 65 heavy (non-hydrogen) atoms. The van der Waals surface area contributed by atoms with Crippen LogP contribution >= 0.6 is 0 Å².